The number of nitrogens with zero attached hydrogens (tertiary/aromatic N) is 2. The molecule has 0 spiro atoms. The highest BCUT2D eigenvalue weighted by Gasteiger charge is 2.32. The number of fused-ring (bicyclic) bond motifs is 1. The minimum Gasteiger partial charge on any atom is -0.489 e. The summed E-state index contributed by atoms with van der Waals surface area (Å²) in [6.07, 6.45) is 0.741. The fourth-order valence-electron chi connectivity index (χ4n) is 3.79. The summed E-state index contributed by atoms with van der Waals surface area (Å²) in [6, 6.07) is 8.63. The molecule has 2 aliphatic heterocycles. The Balaban J connectivity index is 1.49. The lowest BCUT2D eigenvalue weighted by molar-refractivity contribution is 0.0697. The fraction of sp³-hybridized carbons (Fsp3) is 0.409. The van der Waals surface area contributed by atoms with Crippen LogP contribution in [0, 0.1) is 13.8 Å². The molecule has 166 valence electrons. The van der Waals surface area contributed by atoms with Gasteiger partial charge >= 0.3 is 0 Å². The van der Waals surface area contributed by atoms with Crippen LogP contribution >= 0.6 is 11.6 Å². The molecule has 0 radical (unpaired) electrons. The first-order valence-electron chi connectivity index (χ1n) is 10.2. The summed E-state index contributed by atoms with van der Waals surface area (Å²) in [5.74, 6) is 0.714. The molecule has 0 N–H and O–H groups in total. The molecule has 2 aliphatic rings. The number of amides is 1. The van der Waals surface area contributed by atoms with Crippen molar-refractivity contribution in [3.05, 3.63) is 52.0 Å². The molecule has 1 saturated heterocycles. The molecule has 7 nitrogen and oxygen atoms in total. The van der Waals surface area contributed by atoms with E-state index in [1.165, 1.54) is 4.31 Å². The van der Waals surface area contributed by atoms with Crippen LogP contribution in [-0.2, 0) is 10.0 Å². The van der Waals surface area contributed by atoms with Gasteiger partial charge in [-0.1, -0.05) is 23.7 Å². The van der Waals surface area contributed by atoms with E-state index in [0.717, 1.165) is 12.0 Å². The van der Waals surface area contributed by atoms with Crippen molar-refractivity contribution in [1.82, 2.24) is 9.21 Å². The van der Waals surface area contributed by atoms with E-state index in [1.54, 1.807) is 30.0 Å². The molecule has 2 aromatic rings. The van der Waals surface area contributed by atoms with Crippen molar-refractivity contribution >= 4 is 27.5 Å². The quantitative estimate of drug-likeness (QED) is 0.696. The summed E-state index contributed by atoms with van der Waals surface area (Å²) >= 11 is 6.32. The number of benzene rings is 2. The van der Waals surface area contributed by atoms with Gasteiger partial charge in [-0.15, -0.1) is 0 Å². The number of aryl methyl sites for hydroxylation is 2. The molecule has 2 heterocycles. The zero-order valence-electron chi connectivity index (χ0n) is 17.6. The number of halogens is 1. The normalized spacial score (nSPS) is 17.3. The third-order valence-electron chi connectivity index (χ3n) is 5.54. The number of hydrogen-bond acceptors (Lipinski definition) is 5. The monoisotopic (exact) mass is 464 g/mol. The number of sulfonamides is 1. The highest BCUT2D eigenvalue weighted by molar-refractivity contribution is 7.89. The van der Waals surface area contributed by atoms with E-state index < -0.39 is 10.0 Å². The zero-order chi connectivity index (χ0) is 22.2. The van der Waals surface area contributed by atoms with Gasteiger partial charge in [0, 0.05) is 38.2 Å². The Morgan fingerprint density at radius 1 is 1.00 bits per heavy atom. The van der Waals surface area contributed by atoms with Gasteiger partial charge in [0.15, 0.2) is 11.5 Å². The topological polar surface area (TPSA) is 76.2 Å². The van der Waals surface area contributed by atoms with Crippen LogP contribution < -0.4 is 9.47 Å². The summed E-state index contributed by atoms with van der Waals surface area (Å²) in [4.78, 5) is 15.0. The Morgan fingerprint density at radius 2 is 1.71 bits per heavy atom. The Morgan fingerprint density at radius 3 is 2.45 bits per heavy atom. The largest absolute Gasteiger partial charge is 0.489 e. The first kappa shape index (κ1) is 21.9. The maximum atomic E-state index is 13.1. The summed E-state index contributed by atoms with van der Waals surface area (Å²) in [5.41, 5.74) is 2.01. The van der Waals surface area contributed by atoms with Crippen molar-refractivity contribution in [3.8, 4) is 11.5 Å². The van der Waals surface area contributed by atoms with Crippen LogP contribution in [-0.4, -0.2) is 62.9 Å². The van der Waals surface area contributed by atoms with E-state index in [2.05, 4.69) is 0 Å². The second-order valence-corrected chi connectivity index (χ2v) is 10.1. The fourth-order valence-corrected chi connectivity index (χ4v) is 5.79. The smallest absolute Gasteiger partial charge is 0.254 e. The van der Waals surface area contributed by atoms with Crippen molar-refractivity contribution in [1.29, 1.82) is 0 Å². The molecule has 9 heteroatoms. The highest BCUT2D eigenvalue weighted by atomic mass is 35.5. The van der Waals surface area contributed by atoms with Crippen LogP contribution in [0.3, 0.4) is 0 Å². The lowest BCUT2D eigenvalue weighted by Gasteiger charge is -2.34. The molecule has 0 bridgehead atoms. The van der Waals surface area contributed by atoms with Gasteiger partial charge in [-0.05, 0) is 43.2 Å². The molecule has 0 unspecified atom stereocenters. The Bertz CT molecular complexity index is 1110. The van der Waals surface area contributed by atoms with Gasteiger partial charge in [0.1, 0.15) is 0 Å². The van der Waals surface area contributed by atoms with Crippen LogP contribution in [0.2, 0.25) is 5.02 Å². The van der Waals surface area contributed by atoms with Gasteiger partial charge < -0.3 is 14.4 Å². The molecule has 0 atom stereocenters. The predicted molar refractivity (Wildman–Crippen MR) is 118 cm³/mol. The molecular formula is C22H25ClN2O5S. The number of ether oxygens (including phenoxy) is 2. The first-order valence-corrected chi connectivity index (χ1v) is 12.0. The van der Waals surface area contributed by atoms with E-state index in [-0.39, 0.29) is 19.0 Å². The first-order chi connectivity index (χ1) is 14.8. The van der Waals surface area contributed by atoms with E-state index in [9.17, 15) is 13.2 Å². The van der Waals surface area contributed by atoms with E-state index >= 15 is 0 Å². The van der Waals surface area contributed by atoms with Crippen LogP contribution in [0.4, 0.5) is 0 Å². The Hall–Kier alpha value is -2.29. The van der Waals surface area contributed by atoms with Crippen LogP contribution in [0.15, 0.2) is 35.2 Å². The maximum absolute atomic E-state index is 13.1. The molecule has 31 heavy (non-hydrogen) atoms. The van der Waals surface area contributed by atoms with Crippen molar-refractivity contribution in [2.24, 2.45) is 0 Å². The summed E-state index contributed by atoms with van der Waals surface area (Å²) in [5, 5.41) is 0.332. The second kappa shape index (κ2) is 8.68. The minimum absolute atomic E-state index is 0.207. The van der Waals surface area contributed by atoms with Crippen LogP contribution in [0.1, 0.15) is 27.9 Å². The van der Waals surface area contributed by atoms with Gasteiger partial charge in [0.25, 0.3) is 5.91 Å². The van der Waals surface area contributed by atoms with Crippen LogP contribution in [0.5, 0.6) is 11.5 Å². The van der Waals surface area contributed by atoms with Gasteiger partial charge in [-0.2, -0.15) is 4.31 Å². The number of piperazine rings is 1. The lowest BCUT2D eigenvalue weighted by atomic mass is 10.1. The molecule has 4 rings (SSSR count). The number of carbonyl (C=O) groups is 1. The highest BCUT2D eigenvalue weighted by Crippen LogP contribution is 2.38. The Kier molecular flexibility index (Phi) is 6.14. The summed E-state index contributed by atoms with van der Waals surface area (Å²) < 4.78 is 39.0. The van der Waals surface area contributed by atoms with Crippen molar-refractivity contribution in [2.45, 2.75) is 25.2 Å². The van der Waals surface area contributed by atoms with E-state index in [1.807, 2.05) is 19.1 Å². The molecule has 0 aromatic heterocycles. The summed E-state index contributed by atoms with van der Waals surface area (Å²) in [6.45, 7) is 5.74. The minimum atomic E-state index is -3.61. The lowest BCUT2D eigenvalue weighted by Crippen LogP contribution is -2.50. The molecule has 0 saturated carbocycles. The van der Waals surface area contributed by atoms with Crippen LogP contribution in [0.25, 0.3) is 0 Å². The molecule has 1 fully saturated rings. The average Bonchev–Trinajstić information content (AvgIpc) is 3.01. The number of rotatable bonds is 3. The Labute approximate surface area is 187 Å². The standard InChI is InChI=1S/C22H25ClN2O5S/c1-15-4-5-16(2)20(12-15)31(27,28)25-8-6-24(7-9-25)22(26)17-13-18(23)21-19(14-17)29-10-3-11-30-21/h4-5,12-14H,3,6-11H2,1-2H3. The molecule has 0 aliphatic carbocycles. The number of hydrogen-bond donors (Lipinski definition) is 0. The predicted octanol–water partition coefficient (Wildman–Crippen LogP) is 3.26. The maximum Gasteiger partial charge on any atom is 0.254 e. The molecule has 2 aromatic carbocycles. The van der Waals surface area contributed by atoms with Crippen molar-refractivity contribution in [2.75, 3.05) is 39.4 Å². The third kappa shape index (κ3) is 4.37. The molecular weight excluding hydrogens is 440 g/mol. The summed E-state index contributed by atoms with van der Waals surface area (Å²) in [7, 11) is -3.61. The van der Waals surface area contributed by atoms with Gasteiger partial charge in [0.2, 0.25) is 10.0 Å². The molecule has 1 amide bonds. The van der Waals surface area contributed by atoms with E-state index in [0.29, 0.717) is 58.8 Å². The third-order valence-corrected chi connectivity index (χ3v) is 7.86. The van der Waals surface area contributed by atoms with Crippen molar-refractivity contribution in [3.63, 3.8) is 0 Å². The SMILES string of the molecule is Cc1ccc(C)c(S(=O)(=O)N2CCN(C(=O)c3cc(Cl)c4c(c3)OCCCO4)CC2)c1. The van der Waals surface area contributed by atoms with Crippen molar-refractivity contribution < 1.29 is 22.7 Å². The van der Waals surface area contributed by atoms with Gasteiger partial charge in [-0.3, -0.25) is 4.79 Å². The van der Waals surface area contributed by atoms with Gasteiger partial charge in [0.05, 0.1) is 23.1 Å². The van der Waals surface area contributed by atoms with Gasteiger partial charge in [-0.25, -0.2) is 8.42 Å². The second-order valence-electron chi connectivity index (χ2n) is 7.80. The number of carbonyl (C=O) groups excluding carboxylic acids is 1. The average molecular weight is 465 g/mol. The zero-order valence-corrected chi connectivity index (χ0v) is 19.1. The van der Waals surface area contributed by atoms with E-state index in [4.69, 9.17) is 21.1 Å².